The fourth-order valence-corrected chi connectivity index (χ4v) is 3.15. The molecule has 1 amide bonds. The van der Waals surface area contributed by atoms with E-state index in [4.69, 9.17) is 10.5 Å². The van der Waals surface area contributed by atoms with E-state index in [9.17, 15) is 24.6 Å². The molecule has 2 aromatic rings. The number of ether oxygens (including phenoxy) is 1. The molecule has 6 N–H and O–H groups in total. The Morgan fingerprint density at radius 1 is 1.29 bits per heavy atom. The number of benzene rings is 1. The minimum Gasteiger partial charge on any atom is -0.394 e. The van der Waals surface area contributed by atoms with Gasteiger partial charge in [-0.2, -0.15) is 0 Å². The zero-order chi connectivity index (χ0) is 20.3. The van der Waals surface area contributed by atoms with Crippen molar-refractivity contribution in [3.05, 3.63) is 69.0 Å². The molecule has 10 nitrogen and oxygen atoms in total. The van der Waals surface area contributed by atoms with Gasteiger partial charge in [0.15, 0.2) is 6.23 Å². The van der Waals surface area contributed by atoms with Gasteiger partial charge in [-0.25, -0.2) is 4.79 Å². The molecule has 1 saturated heterocycles. The van der Waals surface area contributed by atoms with Gasteiger partial charge in [-0.1, -0.05) is 30.3 Å². The molecule has 1 aliphatic heterocycles. The van der Waals surface area contributed by atoms with Crippen LogP contribution in [-0.2, 0) is 16.0 Å². The van der Waals surface area contributed by atoms with Crippen LogP contribution >= 0.6 is 0 Å². The lowest BCUT2D eigenvalue weighted by molar-refractivity contribution is -0.124. The molecule has 0 bridgehead atoms. The van der Waals surface area contributed by atoms with E-state index < -0.39 is 54.3 Å². The third-order valence-electron chi connectivity index (χ3n) is 4.62. The van der Waals surface area contributed by atoms with E-state index in [0.29, 0.717) is 0 Å². The number of nitrogens with one attached hydrogen (secondary N) is 2. The molecule has 0 spiro atoms. The van der Waals surface area contributed by atoms with Crippen molar-refractivity contribution in [1.82, 2.24) is 14.9 Å². The van der Waals surface area contributed by atoms with Gasteiger partial charge in [0.2, 0.25) is 5.91 Å². The molecule has 5 atom stereocenters. The van der Waals surface area contributed by atoms with Crippen molar-refractivity contribution < 1.29 is 19.7 Å². The minimum absolute atomic E-state index is 0.281. The Morgan fingerprint density at radius 3 is 2.64 bits per heavy atom. The standard InChI is InChI=1S/C18H22N4O6/c19-11(8-10-4-2-1-3-5-10)16(26)21-14-15(25)12(9-23)28-17(14)22-7-6-13(24)20-18(22)27/h1-7,11-12,14-15,17,23,25H,8-9,19H2,(H,21,26)(H,20,24,27)/t11-,12-,14?,15?,17-/m0/s1. The van der Waals surface area contributed by atoms with Crippen molar-refractivity contribution in [2.75, 3.05) is 6.61 Å². The van der Waals surface area contributed by atoms with Crippen LogP contribution in [-0.4, -0.2) is 56.6 Å². The second-order valence-corrected chi connectivity index (χ2v) is 6.59. The lowest BCUT2D eigenvalue weighted by Crippen LogP contribution is -2.53. The number of aromatic nitrogens is 2. The maximum Gasteiger partial charge on any atom is 0.330 e. The van der Waals surface area contributed by atoms with Crippen molar-refractivity contribution in [2.45, 2.75) is 36.9 Å². The summed E-state index contributed by atoms with van der Waals surface area (Å²) in [4.78, 5) is 38.0. The number of rotatable bonds is 6. The first-order chi connectivity index (χ1) is 13.4. The number of aromatic amines is 1. The Hall–Kier alpha value is -2.79. The predicted octanol–water partition coefficient (Wildman–Crippen LogP) is -2.16. The summed E-state index contributed by atoms with van der Waals surface area (Å²) in [6.45, 7) is -0.516. The minimum atomic E-state index is -1.28. The van der Waals surface area contributed by atoms with Gasteiger partial charge in [-0.3, -0.25) is 19.1 Å². The third kappa shape index (κ3) is 4.20. The van der Waals surface area contributed by atoms with Crippen LogP contribution in [0.3, 0.4) is 0 Å². The number of hydrogen-bond acceptors (Lipinski definition) is 7. The molecule has 0 saturated carbocycles. The number of nitrogens with two attached hydrogens (primary N) is 1. The number of amides is 1. The lowest BCUT2D eigenvalue weighted by atomic mass is 10.0. The first kappa shape index (κ1) is 20.0. The topological polar surface area (TPSA) is 160 Å². The third-order valence-corrected chi connectivity index (χ3v) is 4.62. The first-order valence-corrected chi connectivity index (χ1v) is 8.76. The highest BCUT2D eigenvalue weighted by Crippen LogP contribution is 2.28. The SMILES string of the molecule is N[C@@H](Cc1ccccc1)C(=O)NC1C(O)[C@H](CO)O[C@@H]1n1ccc(=O)[nH]c1=O. The van der Waals surface area contributed by atoms with Gasteiger partial charge < -0.3 is 26.0 Å². The van der Waals surface area contributed by atoms with Crippen LogP contribution in [0.4, 0.5) is 0 Å². The summed E-state index contributed by atoms with van der Waals surface area (Å²) in [6, 6.07) is 8.37. The van der Waals surface area contributed by atoms with Gasteiger partial charge in [-0.05, 0) is 12.0 Å². The Balaban J connectivity index is 1.79. The van der Waals surface area contributed by atoms with Crippen molar-refractivity contribution in [3.63, 3.8) is 0 Å². The molecule has 2 heterocycles. The average molecular weight is 390 g/mol. The van der Waals surface area contributed by atoms with E-state index in [1.807, 2.05) is 30.3 Å². The van der Waals surface area contributed by atoms with Crippen molar-refractivity contribution in [2.24, 2.45) is 5.73 Å². The van der Waals surface area contributed by atoms with E-state index in [-0.39, 0.29) is 6.42 Å². The van der Waals surface area contributed by atoms with E-state index in [2.05, 4.69) is 10.3 Å². The number of aliphatic hydroxyl groups excluding tert-OH is 2. The van der Waals surface area contributed by atoms with E-state index in [1.54, 1.807) is 0 Å². The molecule has 1 aromatic carbocycles. The van der Waals surface area contributed by atoms with Crippen LogP contribution in [0.5, 0.6) is 0 Å². The maximum atomic E-state index is 12.5. The zero-order valence-corrected chi connectivity index (χ0v) is 14.9. The molecule has 150 valence electrons. The number of hydrogen-bond donors (Lipinski definition) is 5. The van der Waals surface area contributed by atoms with Crippen LogP contribution in [0.1, 0.15) is 11.8 Å². The fourth-order valence-electron chi connectivity index (χ4n) is 3.15. The van der Waals surface area contributed by atoms with Crippen molar-refractivity contribution in [3.8, 4) is 0 Å². The van der Waals surface area contributed by atoms with Gasteiger partial charge in [-0.15, -0.1) is 0 Å². The largest absolute Gasteiger partial charge is 0.394 e. The number of carbonyl (C=O) groups excluding carboxylic acids is 1. The van der Waals surface area contributed by atoms with Crippen LogP contribution in [0, 0.1) is 0 Å². The van der Waals surface area contributed by atoms with Crippen LogP contribution in [0.25, 0.3) is 0 Å². The molecular weight excluding hydrogens is 368 g/mol. The molecule has 1 aromatic heterocycles. The highest BCUT2D eigenvalue weighted by Gasteiger charge is 2.45. The molecule has 2 unspecified atom stereocenters. The second kappa shape index (κ2) is 8.48. The van der Waals surface area contributed by atoms with Crippen LogP contribution < -0.4 is 22.3 Å². The molecule has 0 aliphatic carbocycles. The number of nitrogens with zero attached hydrogens (tertiary/aromatic N) is 1. The normalized spacial score (nSPS) is 25.4. The van der Waals surface area contributed by atoms with E-state index in [0.717, 1.165) is 16.2 Å². The Bertz CT molecular complexity index is 927. The highest BCUT2D eigenvalue weighted by molar-refractivity contribution is 5.82. The van der Waals surface area contributed by atoms with Crippen molar-refractivity contribution >= 4 is 5.91 Å². The summed E-state index contributed by atoms with van der Waals surface area (Å²) < 4.78 is 6.56. The van der Waals surface area contributed by atoms with Gasteiger partial charge in [0.05, 0.1) is 12.6 Å². The molecule has 10 heteroatoms. The number of H-pyrrole nitrogens is 1. The number of aliphatic hydroxyl groups is 2. The van der Waals surface area contributed by atoms with E-state index >= 15 is 0 Å². The smallest absolute Gasteiger partial charge is 0.330 e. The first-order valence-electron chi connectivity index (χ1n) is 8.76. The predicted molar refractivity (Wildman–Crippen MR) is 98.4 cm³/mol. The summed E-state index contributed by atoms with van der Waals surface area (Å²) in [6.07, 6.45) is -1.93. The average Bonchev–Trinajstić information content (AvgIpc) is 2.98. The fraction of sp³-hybridized carbons (Fsp3) is 0.389. The molecule has 28 heavy (non-hydrogen) atoms. The molecule has 3 rings (SSSR count). The van der Waals surface area contributed by atoms with Gasteiger partial charge in [0.25, 0.3) is 5.56 Å². The summed E-state index contributed by atoms with van der Waals surface area (Å²) in [5.41, 5.74) is 5.48. The quantitative estimate of drug-likeness (QED) is 0.376. The van der Waals surface area contributed by atoms with Crippen molar-refractivity contribution in [1.29, 1.82) is 0 Å². The van der Waals surface area contributed by atoms with Gasteiger partial charge in [0, 0.05) is 12.3 Å². The van der Waals surface area contributed by atoms with Gasteiger partial charge in [0.1, 0.15) is 18.2 Å². The van der Waals surface area contributed by atoms with Crippen LogP contribution in [0.2, 0.25) is 0 Å². The molecular formula is C18H22N4O6. The molecule has 1 aliphatic rings. The summed E-state index contributed by atoms with van der Waals surface area (Å²) in [5.74, 6) is -0.544. The molecule has 0 radical (unpaired) electrons. The Kier molecular flexibility index (Phi) is 6.05. The summed E-state index contributed by atoms with van der Waals surface area (Å²) >= 11 is 0. The van der Waals surface area contributed by atoms with E-state index in [1.165, 1.54) is 6.20 Å². The Morgan fingerprint density at radius 2 is 2.00 bits per heavy atom. The Labute approximate surface area is 159 Å². The van der Waals surface area contributed by atoms with Gasteiger partial charge >= 0.3 is 5.69 Å². The second-order valence-electron chi connectivity index (χ2n) is 6.59. The summed E-state index contributed by atoms with van der Waals surface area (Å²) in [5, 5.41) is 22.4. The van der Waals surface area contributed by atoms with Crippen LogP contribution in [0.15, 0.2) is 52.2 Å². The summed E-state index contributed by atoms with van der Waals surface area (Å²) in [7, 11) is 0. The maximum absolute atomic E-state index is 12.5. The highest BCUT2D eigenvalue weighted by atomic mass is 16.5. The zero-order valence-electron chi connectivity index (χ0n) is 14.9. The lowest BCUT2D eigenvalue weighted by Gasteiger charge is -2.24. The monoisotopic (exact) mass is 390 g/mol. The number of carbonyl (C=O) groups is 1. The molecule has 1 fully saturated rings.